The molecule has 0 aliphatic carbocycles. The first-order valence-electron chi connectivity index (χ1n) is 1.05. The van der Waals surface area contributed by atoms with Crippen LogP contribution in [-0.2, 0) is 24.3 Å². The van der Waals surface area contributed by atoms with Gasteiger partial charge < -0.3 is 5.11 Å². The minimum Gasteiger partial charge on any atom is -0.479 e. The third-order valence-electron chi connectivity index (χ3n) is 0.114. The molecular weight excluding hydrogens is 140 g/mol. The van der Waals surface area contributed by atoms with Crippen LogP contribution in [0.1, 0.15) is 0 Å². The van der Waals surface area contributed by atoms with Crippen molar-refractivity contribution >= 4 is 5.97 Å². The molecule has 0 atom stereocenters. The standard InChI is InChI=1S/C2H3FO2.Zn/c3-1-2(4)5;/h1H2,(H,4,5);. The van der Waals surface area contributed by atoms with E-state index in [1.54, 1.807) is 0 Å². The minimum absolute atomic E-state index is 0. The summed E-state index contributed by atoms with van der Waals surface area (Å²) < 4.78 is 10.5. The van der Waals surface area contributed by atoms with Gasteiger partial charge in [0, 0.05) is 19.5 Å². The third-order valence-corrected chi connectivity index (χ3v) is 0.114. The third kappa shape index (κ3) is 8.98. The molecule has 6 heavy (non-hydrogen) atoms. The van der Waals surface area contributed by atoms with Crippen LogP contribution in [0.25, 0.3) is 0 Å². The van der Waals surface area contributed by atoms with Gasteiger partial charge in [-0.2, -0.15) is 0 Å². The van der Waals surface area contributed by atoms with Crippen LogP contribution in [0.15, 0.2) is 0 Å². The van der Waals surface area contributed by atoms with E-state index in [9.17, 15) is 4.39 Å². The van der Waals surface area contributed by atoms with Gasteiger partial charge in [0.2, 0.25) is 0 Å². The topological polar surface area (TPSA) is 37.3 Å². The van der Waals surface area contributed by atoms with E-state index < -0.39 is 12.6 Å². The van der Waals surface area contributed by atoms with Gasteiger partial charge in [-0.25, -0.2) is 9.18 Å². The molecule has 2 nitrogen and oxygen atoms in total. The predicted octanol–water partition coefficient (Wildman–Crippen LogP) is 0.0380. The van der Waals surface area contributed by atoms with Crippen molar-refractivity contribution in [3.05, 3.63) is 0 Å². The van der Waals surface area contributed by atoms with Crippen molar-refractivity contribution in [2.75, 3.05) is 6.67 Å². The number of carboxylic acid groups (broad SMARTS) is 1. The molecule has 0 saturated carbocycles. The molecule has 0 spiro atoms. The van der Waals surface area contributed by atoms with Crippen molar-refractivity contribution in [1.82, 2.24) is 0 Å². The fourth-order valence-electron chi connectivity index (χ4n) is 0. The molecule has 0 radical (unpaired) electrons. The zero-order valence-corrected chi connectivity index (χ0v) is 6.11. The number of alkyl halides is 1. The average Bonchev–Trinajstić information content (AvgIpc) is 1.38. The zero-order valence-electron chi connectivity index (χ0n) is 3.15. The Morgan fingerprint density at radius 2 is 2.00 bits per heavy atom. The average molecular weight is 143 g/mol. The van der Waals surface area contributed by atoms with E-state index in [-0.39, 0.29) is 19.5 Å². The normalized spacial score (nSPS) is 6.17. The molecule has 0 bridgehead atoms. The molecule has 0 aliphatic rings. The zero-order chi connectivity index (χ0) is 4.28. The second-order valence-electron chi connectivity index (χ2n) is 0.527. The van der Waals surface area contributed by atoms with Crippen LogP contribution >= 0.6 is 0 Å². The van der Waals surface area contributed by atoms with Crippen molar-refractivity contribution in [3.8, 4) is 0 Å². The first-order chi connectivity index (χ1) is 2.27. The van der Waals surface area contributed by atoms with Gasteiger partial charge in [-0.05, 0) is 0 Å². The Morgan fingerprint density at radius 3 is 2.00 bits per heavy atom. The number of hydrogen-bond donors (Lipinski definition) is 1. The van der Waals surface area contributed by atoms with Gasteiger partial charge in [0.15, 0.2) is 6.67 Å². The second kappa shape index (κ2) is 5.02. The maximum atomic E-state index is 10.5. The molecule has 0 aromatic carbocycles. The number of carboxylic acids is 1. The first kappa shape index (κ1) is 9.39. The predicted molar refractivity (Wildman–Crippen MR) is 13.6 cm³/mol. The van der Waals surface area contributed by atoms with Crippen LogP contribution in [0.4, 0.5) is 4.39 Å². The molecule has 0 rings (SSSR count). The minimum atomic E-state index is -1.41. The van der Waals surface area contributed by atoms with Crippen molar-refractivity contribution in [3.63, 3.8) is 0 Å². The number of aliphatic carboxylic acids is 1. The van der Waals surface area contributed by atoms with E-state index in [2.05, 4.69) is 0 Å². The fourth-order valence-corrected chi connectivity index (χ4v) is 0. The van der Waals surface area contributed by atoms with Gasteiger partial charge in [-0.3, -0.25) is 0 Å². The van der Waals surface area contributed by atoms with Crippen molar-refractivity contribution in [1.29, 1.82) is 0 Å². The van der Waals surface area contributed by atoms with Gasteiger partial charge in [0.05, 0.1) is 0 Å². The maximum Gasteiger partial charge on any atom is 0.335 e. The molecular formula is C2H3FO2Zn. The molecule has 0 aromatic heterocycles. The molecule has 1 N–H and O–H groups in total. The molecule has 0 saturated heterocycles. The van der Waals surface area contributed by atoms with Gasteiger partial charge >= 0.3 is 5.97 Å². The van der Waals surface area contributed by atoms with Crippen LogP contribution in [0.3, 0.4) is 0 Å². The number of rotatable bonds is 1. The Balaban J connectivity index is 0. The Bertz CT molecular complexity index is 46.8. The van der Waals surface area contributed by atoms with E-state index in [0.717, 1.165) is 0 Å². The molecule has 0 unspecified atom stereocenters. The summed E-state index contributed by atoms with van der Waals surface area (Å²) >= 11 is 0. The van der Waals surface area contributed by atoms with Crippen LogP contribution < -0.4 is 0 Å². The van der Waals surface area contributed by atoms with Crippen molar-refractivity contribution < 1.29 is 33.8 Å². The number of carbonyl (C=O) groups is 1. The van der Waals surface area contributed by atoms with E-state index in [4.69, 9.17) is 9.90 Å². The molecule has 0 heterocycles. The molecule has 32 valence electrons. The molecule has 0 aliphatic heterocycles. The molecule has 0 amide bonds. The first-order valence-corrected chi connectivity index (χ1v) is 1.05. The Hall–Kier alpha value is 0.0234. The summed E-state index contributed by atoms with van der Waals surface area (Å²) in [7, 11) is 0. The Morgan fingerprint density at radius 1 is 1.83 bits per heavy atom. The van der Waals surface area contributed by atoms with E-state index in [0.29, 0.717) is 0 Å². The summed E-state index contributed by atoms with van der Waals surface area (Å²) in [6, 6.07) is 0. The summed E-state index contributed by atoms with van der Waals surface area (Å²) in [6.07, 6.45) is 0. The van der Waals surface area contributed by atoms with Gasteiger partial charge in [-0.15, -0.1) is 0 Å². The number of halogens is 1. The quantitative estimate of drug-likeness (QED) is 0.526. The SMILES string of the molecule is O=C(O)CF.[Zn]. The smallest absolute Gasteiger partial charge is 0.335 e. The van der Waals surface area contributed by atoms with Crippen molar-refractivity contribution in [2.45, 2.75) is 0 Å². The summed E-state index contributed by atoms with van der Waals surface area (Å²) in [5.41, 5.74) is 0. The summed E-state index contributed by atoms with van der Waals surface area (Å²) in [6.45, 7) is -1.28. The van der Waals surface area contributed by atoms with Crippen molar-refractivity contribution in [2.24, 2.45) is 0 Å². The Labute approximate surface area is 47.1 Å². The molecule has 0 fully saturated rings. The monoisotopic (exact) mass is 142 g/mol. The summed E-state index contributed by atoms with van der Waals surface area (Å²) in [5, 5.41) is 7.35. The van der Waals surface area contributed by atoms with Gasteiger partial charge in [-0.1, -0.05) is 0 Å². The van der Waals surface area contributed by atoms with E-state index >= 15 is 0 Å². The van der Waals surface area contributed by atoms with Crippen LogP contribution in [0.5, 0.6) is 0 Å². The molecule has 4 heteroatoms. The van der Waals surface area contributed by atoms with Crippen LogP contribution in [-0.4, -0.2) is 17.8 Å². The summed E-state index contributed by atoms with van der Waals surface area (Å²) in [4.78, 5) is 8.99. The largest absolute Gasteiger partial charge is 0.479 e. The Kier molecular flexibility index (Phi) is 7.86. The van der Waals surface area contributed by atoms with Crippen LogP contribution in [0.2, 0.25) is 0 Å². The fraction of sp³-hybridized carbons (Fsp3) is 0.500. The van der Waals surface area contributed by atoms with Gasteiger partial charge in [0.1, 0.15) is 0 Å². The summed E-state index contributed by atoms with van der Waals surface area (Å²) in [5.74, 6) is -1.41. The van der Waals surface area contributed by atoms with Gasteiger partial charge in [0.25, 0.3) is 0 Å². The van der Waals surface area contributed by atoms with E-state index in [1.807, 2.05) is 0 Å². The second-order valence-corrected chi connectivity index (χ2v) is 0.527. The molecule has 0 aromatic rings. The van der Waals surface area contributed by atoms with Crippen LogP contribution in [0, 0.1) is 0 Å². The maximum absolute atomic E-state index is 10.5. The van der Waals surface area contributed by atoms with E-state index in [1.165, 1.54) is 0 Å². The number of hydrogen-bond acceptors (Lipinski definition) is 1.